The maximum absolute atomic E-state index is 13.9. The Kier molecular flexibility index (Phi) is 6.78. The minimum Gasteiger partial charge on any atom is -0.395 e. The molecule has 7 heteroatoms. The first-order valence-corrected chi connectivity index (χ1v) is 8.41. The highest BCUT2D eigenvalue weighted by atomic mass is 19.1. The minimum atomic E-state index is -0.601. The number of anilines is 1. The molecule has 2 rings (SSSR count). The Morgan fingerprint density at radius 3 is 2.88 bits per heavy atom. The molecule has 0 aliphatic carbocycles. The highest BCUT2D eigenvalue weighted by molar-refractivity contribution is 5.74. The molecule has 0 radical (unpaired) electrons. The van der Waals surface area contributed by atoms with Crippen molar-refractivity contribution < 1.29 is 18.7 Å². The Bertz CT molecular complexity index is 557. The number of aliphatic hydroxyl groups excluding tert-OH is 1. The van der Waals surface area contributed by atoms with E-state index in [9.17, 15) is 13.6 Å². The fourth-order valence-corrected chi connectivity index (χ4v) is 2.89. The molecule has 1 aromatic carbocycles. The molecule has 1 fully saturated rings. The van der Waals surface area contributed by atoms with Gasteiger partial charge in [0.2, 0.25) is 0 Å². The van der Waals surface area contributed by atoms with E-state index in [-0.39, 0.29) is 18.7 Å². The lowest BCUT2D eigenvalue weighted by Crippen LogP contribution is -2.47. The third kappa shape index (κ3) is 4.80. The number of carbonyl (C=O) groups is 1. The third-order valence-corrected chi connectivity index (χ3v) is 4.20. The molecule has 24 heavy (non-hydrogen) atoms. The normalized spacial score (nSPS) is 17.2. The van der Waals surface area contributed by atoms with Crippen molar-refractivity contribution in [2.75, 3.05) is 37.7 Å². The van der Waals surface area contributed by atoms with Crippen molar-refractivity contribution in [2.24, 2.45) is 0 Å². The Hall–Kier alpha value is -1.89. The molecule has 0 bridgehead atoms. The van der Waals surface area contributed by atoms with Gasteiger partial charge in [-0.1, -0.05) is 13.3 Å². The number of rotatable bonds is 7. The van der Waals surface area contributed by atoms with Crippen LogP contribution in [0.3, 0.4) is 0 Å². The van der Waals surface area contributed by atoms with Crippen LogP contribution in [0.4, 0.5) is 19.3 Å². The average Bonchev–Trinajstić information content (AvgIpc) is 2.99. The van der Waals surface area contributed by atoms with Gasteiger partial charge in [-0.15, -0.1) is 0 Å². The summed E-state index contributed by atoms with van der Waals surface area (Å²) in [7, 11) is 0. The number of unbranched alkanes of at least 4 members (excludes halogenated alkanes) is 1. The molecule has 1 unspecified atom stereocenters. The monoisotopic (exact) mass is 341 g/mol. The number of carbonyl (C=O) groups excluding carboxylic acids is 1. The van der Waals surface area contributed by atoms with Crippen LogP contribution in [0.2, 0.25) is 0 Å². The summed E-state index contributed by atoms with van der Waals surface area (Å²) in [6, 6.07) is 3.23. The summed E-state index contributed by atoms with van der Waals surface area (Å²) in [6.45, 7) is 3.95. The van der Waals surface area contributed by atoms with Gasteiger partial charge >= 0.3 is 6.03 Å². The van der Waals surface area contributed by atoms with Crippen LogP contribution in [0.25, 0.3) is 0 Å². The Balaban J connectivity index is 1.91. The number of aliphatic hydroxyl groups is 1. The predicted molar refractivity (Wildman–Crippen MR) is 89.1 cm³/mol. The molecular formula is C17H25F2N3O2. The summed E-state index contributed by atoms with van der Waals surface area (Å²) >= 11 is 0. The molecule has 1 aliphatic heterocycles. The molecule has 1 atom stereocenters. The highest BCUT2D eigenvalue weighted by Gasteiger charge is 2.27. The topological polar surface area (TPSA) is 55.8 Å². The van der Waals surface area contributed by atoms with Gasteiger partial charge in [0.05, 0.1) is 12.3 Å². The summed E-state index contributed by atoms with van der Waals surface area (Å²) in [5.74, 6) is -1.19. The summed E-state index contributed by atoms with van der Waals surface area (Å²) in [6.07, 6.45) is 2.55. The lowest BCUT2D eigenvalue weighted by atomic mass is 10.2. The van der Waals surface area contributed by atoms with Gasteiger partial charge in [0.1, 0.15) is 11.6 Å². The number of nitrogens with one attached hydrogen (secondary N) is 1. The van der Waals surface area contributed by atoms with Gasteiger partial charge in [0.15, 0.2) is 0 Å². The predicted octanol–water partition coefficient (Wildman–Crippen LogP) is 2.35. The molecule has 1 aromatic rings. The van der Waals surface area contributed by atoms with Gasteiger partial charge in [0.25, 0.3) is 0 Å². The van der Waals surface area contributed by atoms with Crippen molar-refractivity contribution in [3.8, 4) is 0 Å². The van der Waals surface area contributed by atoms with Crippen molar-refractivity contribution >= 4 is 11.7 Å². The standard InChI is InChI=1S/C17H25F2N3O2/c1-2-3-7-21(9-10-23)17(24)20-14-6-8-22(12-14)16-5-4-13(18)11-15(16)19/h4-5,11,14,23H,2-3,6-10,12H2,1H3,(H,20,24). The van der Waals surface area contributed by atoms with Gasteiger partial charge in [0, 0.05) is 38.3 Å². The van der Waals surface area contributed by atoms with Crippen molar-refractivity contribution in [1.82, 2.24) is 10.2 Å². The van der Waals surface area contributed by atoms with Crippen LogP contribution in [0.1, 0.15) is 26.2 Å². The van der Waals surface area contributed by atoms with E-state index in [4.69, 9.17) is 5.11 Å². The number of nitrogens with zero attached hydrogens (tertiary/aromatic N) is 2. The lowest BCUT2D eigenvalue weighted by molar-refractivity contribution is 0.173. The molecular weight excluding hydrogens is 316 g/mol. The van der Waals surface area contributed by atoms with Gasteiger partial charge in [-0.3, -0.25) is 0 Å². The van der Waals surface area contributed by atoms with Gasteiger partial charge in [-0.05, 0) is 25.0 Å². The summed E-state index contributed by atoms with van der Waals surface area (Å²) in [5, 5.41) is 12.0. The molecule has 1 aliphatic rings. The first kappa shape index (κ1) is 18.4. The maximum Gasteiger partial charge on any atom is 0.317 e. The fourth-order valence-electron chi connectivity index (χ4n) is 2.89. The minimum absolute atomic E-state index is 0.0747. The Morgan fingerprint density at radius 1 is 1.42 bits per heavy atom. The van der Waals surface area contributed by atoms with Crippen LogP contribution >= 0.6 is 0 Å². The number of benzene rings is 1. The largest absolute Gasteiger partial charge is 0.395 e. The van der Waals surface area contributed by atoms with Crippen LogP contribution in [0, 0.1) is 11.6 Å². The van der Waals surface area contributed by atoms with E-state index < -0.39 is 11.6 Å². The van der Waals surface area contributed by atoms with Crippen LogP contribution in [-0.2, 0) is 0 Å². The van der Waals surface area contributed by atoms with E-state index >= 15 is 0 Å². The summed E-state index contributed by atoms with van der Waals surface area (Å²) in [4.78, 5) is 15.7. The van der Waals surface area contributed by atoms with Gasteiger partial charge in [-0.2, -0.15) is 0 Å². The molecule has 1 saturated heterocycles. The second kappa shape index (κ2) is 8.82. The van der Waals surface area contributed by atoms with Crippen molar-refractivity contribution in [3.05, 3.63) is 29.8 Å². The van der Waals surface area contributed by atoms with Crippen molar-refractivity contribution in [1.29, 1.82) is 0 Å². The van der Waals surface area contributed by atoms with E-state index in [1.807, 2.05) is 11.8 Å². The second-order valence-electron chi connectivity index (χ2n) is 6.04. The Morgan fingerprint density at radius 2 is 2.21 bits per heavy atom. The molecule has 5 nitrogen and oxygen atoms in total. The van der Waals surface area contributed by atoms with Crippen LogP contribution < -0.4 is 10.2 Å². The van der Waals surface area contributed by atoms with E-state index in [2.05, 4.69) is 5.32 Å². The van der Waals surface area contributed by atoms with E-state index in [0.29, 0.717) is 38.3 Å². The highest BCUT2D eigenvalue weighted by Crippen LogP contribution is 2.24. The van der Waals surface area contributed by atoms with E-state index in [1.165, 1.54) is 12.1 Å². The quantitative estimate of drug-likeness (QED) is 0.800. The SMILES string of the molecule is CCCCN(CCO)C(=O)NC1CCN(c2ccc(F)cc2F)C1. The van der Waals surface area contributed by atoms with Crippen LogP contribution in [0.5, 0.6) is 0 Å². The average molecular weight is 341 g/mol. The third-order valence-electron chi connectivity index (χ3n) is 4.20. The molecule has 134 valence electrons. The number of amides is 2. The summed E-state index contributed by atoms with van der Waals surface area (Å²) < 4.78 is 26.9. The first-order valence-electron chi connectivity index (χ1n) is 8.41. The zero-order valence-electron chi connectivity index (χ0n) is 14.0. The van der Waals surface area contributed by atoms with Gasteiger partial charge < -0.3 is 20.2 Å². The number of halogens is 2. The fraction of sp³-hybridized carbons (Fsp3) is 0.588. The first-order chi connectivity index (χ1) is 11.5. The molecule has 0 saturated carbocycles. The van der Waals surface area contributed by atoms with Crippen molar-refractivity contribution in [3.63, 3.8) is 0 Å². The number of hydrogen-bond acceptors (Lipinski definition) is 3. The zero-order chi connectivity index (χ0) is 17.5. The molecule has 0 spiro atoms. The second-order valence-corrected chi connectivity index (χ2v) is 6.04. The number of urea groups is 1. The molecule has 0 aromatic heterocycles. The van der Waals surface area contributed by atoms with Crippen LogP contribution in [0.15, 0.2) is 18.2 Å². The van der Waals surface area contributed by atoms with Crippen molar-refractivity contribution in [2.45, 2.75) is 32.2 Å². The molecule has 2 amide bonds. The lowest BCUT2D eigenvalue weighted by Gasteiger charge is -2.25. The van der Waals surface area contributed by atoms with Gasteiger partial charge in [-0.25, -0.2) is 13.6 Å². The number of hydrogen-bond donors (Lipinski definition) is 2. The summed E-state index contributed by atoms with van der Waals surface area (Å²) in [5.41, 5.74) is 0.353. The molecule has 2 N–H and O–H groups in total. The smallest absolute Gasteiger partial charge is 0.317 e. The van der Waals surface area contributed by atoms with Crippen LogP contribution in [-0.4, -0.2) is 54.9 Å². The zero-order valence-corrected chi connectivity index (χ0v) is 14.0. The van der Waals surface area contributed by atoms with E-state index in [0.717, 1.165) is 18.9 Å². The van der Waals surface area contributed by atoms with E-state index in [1.54, 1.807) is 4.90 Å². The maximum atomic E-state index is 13.9. The molecule has 1 heterocycles. The Labute approximate surface area is 141 Å².